The largest absolute Gasteiger partial charge is 0.462 e. The van der Waals surface area contributed by atoms with Crippen LogP contribution in [0.15, 0.2) is 48.6 Å². The Morgan fingerprint density at radius 3 is 2.81 bits per heavy atom. The molecule has 2 aliphatic heterocycles. The molecule has 6 nitrogen and oxygen atoms in total. The Balaban J connectivity index is 1.67. The van der Waals surface area contributed by atoms with E-state index in [1.165, 1.54) is 19.1 Å². The van der Waals surface area contributed by atoms with Gasteiger partial charge in [0.1, 0.15) is 18.3 Å². The smallest absolute Gasteiger partial charge is 0.330 e. The van der Waals surface area contributed by atoms with Crippen molar-refractivity contribution < 1.29 is 28.9 Å². The monoisotopic (exact) mass is 372 g/mol. The van der Waals surface area contributed by atoms with Crippen LogP contribution in [0.4, 0.5) is 0 Å². The number of aliphatic hydroxyl groups excluding tert-OH is 1. The first-order valence-corrected chi connectivity index (χ1v) is 9.12. The lowest BCUT2D eigenvalue weighted by atomic mass is 9.94. The molecular formula is C21H24O6. The Kier molecular flexibility index (Phi) is 6.42. The molecule has 0 saturated carbocycles. The van der Waals surface area contributed by atoms with Crippen molar-refractivity contribution in [2.75, 3.05) is 0 Å². The molecule has 2 heterocycles. The average molecular weight is 372 g/mol. The van der Waals surface area contributed by atoms with Crippen LogP contribution in [0, 0.1) is 0 Å². The quantitative estimate of drug-likeness (QED) is 0.800. The Hall–Kier alpha value is -2.44. The second kappa shape index (κ2) is 8.97. The Labute approximate surface area is 158 Å². The van der Waals surface area contributed by atoms with Gasteiger partial charge in [-0.2, -0.15) is 0 Å². The lowest BCUT2D eigenvalue weighted by Gasteiger charge is -2.36. The normalized spacial score (nSPS) is 30.9. The summed E-state index contributed by atoms with van der Waals surface area (Å²) in [4.78, 5) is 22.8. The van der Waals surface area contributed by atoms with E-state index in [4.69, 9.17) is 14.2 Å². The van der Waals surface area contributed by atoms with Crippen molar-refractivity contribution >= 4 is 18.0 Å². The van der Waals surface area contributed by atoms with Crippen LogP contribution in [-0.4, -0.2) is 47.6 Å². The number of ether oxygens (including phenoxy) is 3. The van der Waals surface area contributed by atoms with Gasteiger partial charge in [0.15, 0.2) is 0 Å². The summed E-state index contributed by atoms with van der Waals surface area (Å²) in [5.74, 6) is -0.809. The minimum absolute atomic E-state index is 0.236. The van der Waals surface area contributed by atoms with Gasteiger partial charge in [-0.05, 0) is 11.6 Å². The Morgan fingerprint density at radius 1 is 1.30 bits per heavy atom. The standard InChI is InChI=1S/C21H24O6/c1-14(22)25-17-11-16(8-7-15-5-3-2-4-6-15)26-18(12-17)13-20-19(23)9-10-21(24)27-20/h2-10,16-20,23H,11-13H2,1H3/b8-7+/t16-,17-,18-,19+,20+/m0/s1. The molecule has 144 valence electrons. The summed E-state index contributed by atoms with van der Waals surface area (Å²) < 4.78 is 16.7. The van der Waals surface area contributed by atoms with Crippen LogP contribution >= 0.6 is 0 Å². The van der Waals surface area contributed by atoms with Gasteiger partial charge in [-0.3, -0.25) is 4.79 Å². The van der Waals surface area contributed by atoms with Gasteiger partial charge in [0.2, 0.25) is 0 Å². The van der Waals surface area contributed by atoms with Crippen LogP contribution in [0.1, 0.15) is 31.7 Å². The number of benzene rings is 1. The minimum atomic E-state index is -0.862. The maximum atomic E-state index is 11.5. The highest BCUT2D eigenvalue weighted by Crippen LogP contribution is 2.28. The van der Waals surface area contributed by atoms with Crippen molar-refractivity contribution in [2.45, 2.75) is 56.7 Å². The number of carbonyl (C=O) groups is 2. The molecule has 5 atom stereocenters. The summed E-state index contributed by atoms with van der Waals surface area (Å²) in [5.41, 5.74) is 1.05. The van der Waals surface area contributed by atoms with Crippen molar-refractivity contribution in [3.8, 4) is 0 Å². The van der Waals surface area contributed by atoms with Gasteiger partial charge < -0.3 is 19.3 Å². The van der Waals surface area contributed by atoms with Crippen LogP contribution < -0.4 is 0 Å². The fraction of sp³-hybridized carbons (Fsp3) is 0.429. The van der Waals surface area contributed by atoms with E-state index in [0.29, 0.717) is 19.3 Å². The molecule has 0 spiro atoms. The average Bonchev–Trinajstić information content (AvgIpc) is 2.63. The third-order valence-electron chi connectivity index (χ3n) is 4.60. The maximum Gasteiger partial charge on any atom is 0.330 e. The van der Waals surface area contributed by atoms with Crippen molar-refractivity contribution in [1.29, 1.82) is 0 Å². The van der Waals surface area contributed by atoms with Gasteiger partial charge in [-0.1, -0.05) is 42.5 Å². The summed E-state index contributed by atoms with van der Waals surface area (Å²) >= 11 is 0. The fourth-order valence-corrected chi connectivity index (χ4v) is 3.40. The summed E-state index contributed by atoms with van der Waals surface area (Å²) in [7, 11) is 0. The molecule has 6 heteroatoms. The van der Waals surface area contributed by atoms with Gasteiger partial charge in [0.05, 0.1) is 12.2 Å². The van der Waals surface area contributed by atoms with Crippen molar-refractivity contribution in [3.05, 3.63) is 54.1 Å². The molecular weight excluding hydrogens is 348 g/mol. The van der Waals surface area contributed by atoms with E-state index in [9.17, 15) is 14.7 Å². The number of cyclic esters (lactones) is 1. The van der Waals surface area contributed by atoms with Gasteiger partial charge in [-0.25, -0.2) is 4.79 Å². The molecule has 0 amide bonds. The van der Waals surface area contributed by atoms with Gasteiger partial charge in [0.25, 0.3) is 0 Å². The van der Waals surface area contributed by atoms with E-state index in [1.807, 2.05) is 42.5 Å². The number of hydrogen-bond acceptors (Lipinski definition) is 6. The highest BCUT2D eigenvalue weighted by molar-refractivity contribution is 5.83. The molecule has 0 aliphatic carbocycles. The highest BCUT2D eigenvalue weighted by Gasteiger charge is 2.35. The number of rotatable bonds is 5. The number of hydrogen-bond donors (Lipinski definition) is 1. The number of aliphatic hydroxyl groups is 1. The van der Waals surface area contributed by atoms with Crippen LogP contribution in [0.25, 0.3) is 6.08 Å². The third-order valence-corrected chi connectivity index (χ3v) is 4.60. The summed E-state index contributed by atoms with van der Waals surface area (Å²) in [6, 6.07) is 9.85. The zero-order chi connectivity index (χ0) is 19.2. The molecule has 1 aromatic carbocycles. The zero-order valence-electron chi connectivity index (χ0n) is 15.2. The van der Waals surface area contributed by atoms with E-state index in [2.05, 4.69) is 0 Å². The van der Waals surface area contributed by atoms with E-state index in [1.54, 1.807) is 0 Å². The second-order valence-electron chi connectivity index (χ2n) is 6.83. The van der Waals surface area contributed by atoms with Crippen molar-refractivity contribution in [3.63, 3.8) is 0 Å². The number of esters is 2. The topological polar surface area (TPSA) is 82.1 Å². The molecule has 3 rings (SSSR count). The van der Waals surface area contributed by atoms with Crippen molar-refractivity contribution in [1.82, 2.24) is 0 Å². The predicted molar refractivity (Wildman–Crippen MR) is 98.6 cm³/mol. The molecule has 1 N–H and O–H groups in total. The van der Waals surface area contributed by atoms with Crippen LogP contribution in [0.3, 0.4) is 0 Å². The molecule has 0 bridgehead atoms. The van der Waals surface area contributed by atoms with Crippen LogP contribution in [-0.2, 0) is 23.8 Å². The molecule has 1 aromatic rings. The molecule has 0 unspecified atom stereocenters. The van der Waals surface area contributed by atoms with Gasteiger partial charge in [0, 0.05) is 32.3 Å². The summed E-state index contributed by atoms with van der Waals surface area (Å²) in [6.07, 6.45) is 5.62. The SMILES string of the molecule is CC(=O)O[C@@H]1C[C@@H](C[C@H]2OC(=O)C=C[C@H]2O)O[C@@H](/C=C/c2ccccc2)C1. The fourth-order valence-electron chi connectivity index (χ4n) is 3.40. The van der Waals surface area contributed by atoms with E-state index in [-0.39, 0.29) is 24.3 Å². The highest BCUT2D eigenvalue weighted by atomic mass is 16.6. The van der Waals surface area contributed by atoms with E-state index >= 15 is 0 Å². The molecule has 27 heavy (non-hydrogen) atoms. The second-order valence-corrected chi connectivity index (χ2v) is 6.83. The first kappa shape index (κ1) is 19.3. The molecule has 0 aromatic heterocycles. The number of carbonyl (C=O) groups excluding carboxylic acids is 2. The minimum Gasteiger partial charge on any atom is -0.462 e. The Morgan fingerprint density at radius 2 is 2.07 bits per heavy atom. The summed E-state index contributed by atoms with van der Waals surface area (Å²) in [5, 5.41) is 10.0. The first-order valence-electron chi connectivity index (χ1n) is 9.12. The van der Waals surface area contributed by atoms with E-state index < -0.39 is 18.2 Å². The van der Waals surface area contributed by atoms with Crippen LogP contribution in [0.5, 0.6) is 0 Å². The van der Waals surface area contributed by atoms with Gasteiger partial charge in [-0.15, -0.1) is 0 Å². The molecule has 1 fully saturated rings. The molecule has 2 aliphatic rings. The zero-order valence-corrected chi connectivity index (χ0v) is 15.2. The maximum absolute atomic E-state index is 11.5. The molecule has 1 saturated heterocycles. The Bertz CT molecular complexity index is 711. The van der Waals surface area contributed by atoms with E-state index in [0.717, 1.165) is 5.56 Å². The first-order chi connectivity index (χ1) is 13.0. The predicted octanol–water partition coefficient (Wildman–Crippen LogP) is 2.41. The lowest BCUT2D eigenvalue weighted by molar-refractivity contribution is -0.163. The van der Waals surface area contributed by atoms with Crippen molar-refractivity contribution in [2.24, 2.45) is 0 Å². The van der Waals surface area contributed by atoms with Crippen LogP contribution in [0.2, 0.25) is 0 Å². The lowest BCUT2D eigenvalue weighted by Crippen LogP contribution is -2.42. The third kappa shape index (κ3) is 5.77. The summed E-state index contributed by atoms with van der Waals surface area (Å²) in [6.45, 7) is 1.39. The molecule has 0 radical (unpaired) electrons. The van der Waals surface area contributed by atoms with Gasteiger partial charge >= 0.3 is 11.9 Å².